The lowest BCUT2D eigenvalue weighted by Crippen LogP contribution is -2.34. The molecule has 0 amide bonds. The first-order valence-corrected chi connectivity index (χ1v) is 5.00. The molecule has 2 N–H and O–H groups in total. The van der Waals surface area contributed by atoms with Crippen LogP contribution >= 0.6 is 0 Å². The Labute approximate surface area is 86.1 Å². The summed E-state index contributed by atoms with van der Waals surface area (Å²) in [7, 11) is 0. The van der Waals surface area contributed by atoms with E-state index in [-0.39, 0.29) is 23.4 Å². The summed E-state index contributed by atoms with van der Waals surface area (Å²) in [5.74, 6) is 0.0384. The van der Waals surface area contributed by atoms with E-state index >= 15 is 0 Å². The van der Waals surface area contributed by atoms with Gasteiger partial charge in [0.1, 0.15) is 11.6 Å². The molecular weight excluding hydrogens is 178 g/mol. The van der Waals surface area contributed by atoms with Crippen LogP contribution in [-0.4, -0.2) is 17.6 Å². The van der Waals surface area contributed by atoms with Crippen LogP contribution in [0, 0.1) is 5.41 Å². The lowest BCUT2D eigenvalue weighted by Gasteiger charge is -2.22. The first kappa shape index (κ1) is 13.3. The van der Waals surface area contributed by atoms with E-state index in [1.165, 1.54) is 6.92 Å². The van der Waals surface area contributed by atoms with Crippen molar-refractivity contribution in [1.82, 2.24) is 0 Å². The Morgan fingerprint density at radius 1 is 1.21 bits per heavy atom. The Bertz CT molecular complexity index is 216. The van der Waals surface area contributed by atoms with Crippen LogP contribution in [0.4, 0.5) is 0 Å². The third kappa shape index (κ3) is 6.78. The fourth-order valence-electron chi connectivity index (χ4n) is 1.26. The topological polar surface area (TPSA) is 60.2 Å². The number of rotatable bonds is 5. The van der Waals surface area contributed by atoms with Gasteiger partial charge in [0.25, 0.3) is 0 Å². The van der Waals surface area contributed by atoms with Crippen LogP contribution in [0.25, 0.3) is 0 Å². The molecule has 0 spiro atoms. The Kier molecular flexibility index (Phi) is 4.99. The molecule has 0 heterocycles. The van der Waals surface area contributed by atoms with Crippen molar-refractivity contribution in [3.05, 3.63) is 0 Å². The predicted molar refractivity (Wildman–Crippen MR) is 57.0 cm³/mol. The van der Waals surface area contributed by atoms with Crippen LogP contribution in [0.5, 0.6) is 0 Å². The molecule has 1 unspecified atom stereocenters. The molecular formula is C11H21NO2. The fourth-order valence-corrected chi connectivity index (χ4v) is 1.26. The van der Waals surface area contributed by atoms with Gasteiger partial charge in [0.2, 0.25) is 0 Å². The number of nitrogens with two attached hydrogens (primary N) is 1. The van der Waals surface area contributed by atoms with Crippen molar-refractivity contribution < 1.29 is 9.59 Å². The van der Waals surface area contributed by atoms with Gasteiger partial charge in [-0.1, -0.05) is 20.8 Å². The summed E-state index contributed by atoms with van der Waals surface area (Å²) in [6.45, 7) is 7.63. The smallest absolute Gasteiger partial charge is 0.149 e. The fraction of sp³-hybridized carbons (Fsp3) is 0.818. The predicted octanol–water partition coefficient (Wildman–Crippen LogP) is 1.69. The molecule has 3 heteroatoms. The molecule has 0 aliphatic heterocycles. The molecule has 0 radical (unpaired) electrons. The van der Waals surface area contributed by atoms with E-state index in [4.69, 9.17) is 5.73 Å². The molecule has 0 aliphatic rings. The van der Waals surface area contributed by atoms with Gasteiger partial charge in [-0.05, 0) is 18.8 Å². The standard InChI is InChI=1S/C11H21NO2/c1-8(13)5-6-10(14)9(12)7-11(2,3)4/h9H,5-7,12H2,1-4H3. The zero-order chi connectivity index (χ0) is 11.4. The van der Waals surface area contributed by atoms with Crippen molar-refractivity contribution in [3.63, 3.8) is 0 Å². The quantitative estimate of drug-likeness (QED) is 0.733. The lowest BCUT2D eigenvalue weighted by atomic mass is 9.86. The Hall–Kier alpha value is -0.700. The normalized spacial score (nSPS) is 13.8. The second-order valence-corrected chi connectivity index (χ2v) is 5.04. The van der Waals surface area contributed by atoms with Gasteiger partial charge in [0.05, 0.1) is 6.04 Å². The SMILES string of the molecule is CC(=O)CCC(=O)C(N)CC(C)(C)C. The van der Waals surface area contributed by atoms with Crippen molar-refractivity contribution in [3.8, 4) is 0 Å². The molecule has 0 rings (SSSR count). The average molecular weight is 199 g/mol. The van der Waals surface area contributed by atoms with Crippen LogP contribution in [-0.2, 0) is 9.59 Å². The van der Waals surface area contributed by atoms with Gasteiger partial charge in [-0.2, -0.15) is 0 Å². The second-order valence-electron chi connectivity index (χ2n) is 5.04. The summed E-state index contributed by atoms with van der Waals surface area (Å²) in [5.41, 5.74) is 5.79. The van der Waals surface area contributed by atoms with Gasteiger partial charge >= 0.3 is 0 Å². The molecule has 0 bridgehead atoms. The highest BCUT2D eigenvalue weighted by Gasteiger charge is 2.21. The van der Waals surface area contributed by atoms with Gasteiger partial charge in [-0.15, -0.1) is 0 Å². The molecule has 0 aliphatic carbocycles. The maximum absolute atomic E-state index is 11.4. The largest absolute Gasteiger partial charge is 0.321 e. The van der Waals surface area contributed by atoms with E-state index in [0.717, 1.165) is 0 Å². The summed E-state index contributed by atoms with van der Waals surface area (Å²) in [4.78, 5) is 22.1. The third-order valence-electron chi connectivity index (χ3n) is 1.97. The highest BCUT2D eigenvalue weighted by molar-refractivity contribution is 5.88. The minimum absolute atomic E-state index is 0.00451. The average Bonchev–Trinajstić information content (AvgIpc) is 1.96. The van der Waals surface area contributed by atoms with Crippen molar-refractivity contribution in [2.24, 2.45) is 11.1 Å². The number of hydrogen-bond acceptors (Lipinski definition) is 3. The molecule has 0 saturated carbocycles. The Balaban J connectivity index is 3.94. The maximum Gasteiger partial charge on any atom is 0.149 e. The van der Waals surface area contributed by atoms with E-state index in [2.05, 4.69) is 0 Å². The van der Waals surface area contributed by atoms with Crippen LogP contribution in [0.1, 0.15) is 47.0 Å². The van der Waals surface area contributed by atoms with E-state index < -0.39 is 6.04 Å². The maximum atomic E-state index is 11.4. The minimum atomic E-state index is -0.422. The van der Waals surface area contributed by atoms with Crippen LogP contribution in [0.15, 0.2) is 0 Å². The first-order chi connectivity index (χ1) is 6.22. The molecule has 0 fully saturated rings. The lowest BCUT2D eigenvalue weighted by molar-refractivity contribution is -0.124. The summed E-state index contributed by atoms with van der Waals surface area (Å²) >= 11 is 0. The zero-order valence-corrected chi connectivity index (χ0v) is 9.59. The molecule has 14 heavy (non-hydrogen) atoms. The monoisotopic (exact) mass is 199 g/mol. The van der Waals surface area contributed by atoms with E-state index in [1.54, 1.807) is 0 Å². The van der Waals surface area contributed by atoms with Crippen LogP contribution in [0.2, 0.25) is 0 Å². The van der Waals surface area contributed by atoms with Gasteiger partial charge < -0.3 is 10.5 Å². The Morgan fingerprint density at radius 2 is 1.71 bits per heavy atom. The second kappa shape index (κ2) is 5.25. The summed E-state index contributed by atoms with van der Waals surface area (Å²) in [5, 5.41) is 0. The van der Waals surface area contributed by atoms with E-state index in [1.807, 2.05) is 20.8 Å². The van der Waals surface area contributed by atoms with E-state index in [9.17, 15) is 9.59 Å². The van der Waals surface area contributed by atoms with Crippen molar-refractivity contribution in [2.75, 3.05) is 0 Å². The number of ketones is 2. The molecule has 0 aromatic heterocycles. The van der Waals surface area contributed by atoms with Gasteiger partial charge in [0, 0.05) is 12.8 Å². The number of carbonyl (C=O) groups is 2. The van der Waals surface area contributed by atoms with Gasteiger partial charge in [0.15, 0.2) is 0 Å². The van der Waals surface area contributed by atoms with Gasteiger partial charge in [-0.25, -0.2) is 0 Å². The molecule has 1 atom stereocenters. The molecule has 3 nitrogen and oxygen atoms in total. The van der Waals surface area contributed by atoms with Gasteiger partial charge in [-0.3, -0.25) is 4.79 Å². The van der Waals surface area contributed by atoms with Crippen LogP contribution < -0.4 is 5.73 Å². The number of carbonyl (C=O) groups excluding carboxylic acids is 2. The zero-order valence-electron chi connectivity index (χ0n) is 9.59. The van der Waals surface area contributed by atoms with Crippen molar-refractivity contribution in [1.29, 1.82) is 0 Å². The summed E-state index contributed by atoms with van der Waals surface area (Å²) < 4.78 is 0. The molecule has 0 aromatic carbocycles. The van der Waals surface area contributed by atoms with Crippen LogP contribution in [0.3, 0.4) is 0 Å². The Morgan fingerprint density at radius 3 is 2.07 bits per heavy atom. The highest BCUT2D eigenvalue weighted by Crippen LogP contribution is 2.20. The number of hydrogen-bond donors (Lipinski definition) is 1. The number of Topliss-reactive ketones (excluding diaryl/α,β-unsaturated/α-hetero) is 2. The molecule has 0 saturated heterocycles. The molecule has 82 valence electrons. The first-order valence-electron chi connectivity index (χ1n) is 5.00. The summed E-state index contributed by atoms with van der Waals surface area (Å²) in [6, 6.07) is -0.422. The summed E-state index contributed by atoms with van der Waals surface area (Å²) in [6.07, 6.45) is 1.27. The third-order valence-corrected chi connectivity index (χ3v) is 1.97. The highest BCUT2D eigenvalue weighted by atomic mass is 16.1. The van der Waals surface area contributed by atoms with Crippen molar-refractivity contribution in [2.45, 2.75) is 53.0 Å². The minimum Gasteiger partial charge on any atom is -0.321 e. The molecule has 0 aromatic rings. The van der Waals surface area contributed by atoms with E-state index in [0.29, 0.717) is 12.8 Å². The van der Waals surface area contributed by atoms with Crippen molar-refractivity contribution >= 4 is 11.6 Å².